The summed E-state index contributed by atoms with van der Waals surface area (Å²) in [5.41, 5.74) is 7.97. The number of unbranched alkanes of at least 4 members (excludes halogenated alkanes) is 1. The summed E-state index contributed by atoms with van der Waals surface area (Å²) in [6.07, 6.45) is 3.43. The summed E-state index contributed by atoms with van der Waals surface area (Å²) in [5, 5.41) is 14.1. The summed E-state index contributed by atoms with van der Waals surface area (Å²) in [7, 11) is -3.27. The second kappa shape index (κ2) is 14.5. The van der Waals surface area contributed by atoms with Gasteiger partial charge in [0.1, 0.15) is 11.5 Å². The number of benzene rings is 3. The Balaban J connectivity index is 1.26. The SMILES string of the molecule is CCS(=O)(=O)N1CCN(C(=O)Oc2ccc3[nH]c(-c4cc(C)cc(C)c4)c(CCNCCCCc4ccc(O)cc4)c3c2)CC1. The number of hydrogen-bond acceptors (Lipinski definition) is 6. The number of nitrogens with zero attached hydrogens (tertiary/aromatic N) is 2. The molecule has 3 N–H and O–H groups in total. The van der Waals surface area contributed by atoms with E-state index >= 15 is 0 Å². The van der Waals surface area contributed by atoms with E-state index < -0.39 is 16.1 Å². The molecule has 1 fully saturated rings. The highest BCUT2D eigenvalue weighted by molar-refractivity contribution is 7.89. The van der Waals surface area contributed by atoms with Crippen molar-refractivity contribution < 1.29 is 23.1 Å². The Morgan fingerprint density at radius 1 is 0.911 bits per heavy atom. The molecule has 0 atom stereocenters. The number of aryl methyl sites for hydroxylation is 3. The highest BCUT2D eigenvalue weighted by atomic mass is 32.2. The Hall–Kier alpha value is -3.86. The molecule has 1 amide bonds. The van der Waals surface area contributed by atoms with Gasteiger partial charge in [0.25, 0.3) is 0 Å². The number of amides is 1. The predicted octanol–water partition coefficient (Wildman–Crippen LogP) is 5.78. The molecule has 4 aromatic rings. The molecule has 1 aliphatic heterocycles. The number of phenols is 1. The lowest BCUT2D eigenvalue weighted by Crippen LogP contribution is -2.51. The van der Waals surface area contributed by atoms with E-state index in [0.29, 0.717) is 24.6 Å². The van der Waals surface area contributed by atoms with Crippen molar-refractivity contribution in [3.8, 4) is 22.8 Å². The lowest BCUT2D eigenvalue weighted by atomic mass is 9.99. The van der Waals surface area contributed by atoms with Crippen molar-refractivity contribution in [2.24, 2.45) is 0 Å². The van der Waals surface area contributed by atoms with Crippen LogP contribution in [0.4, 0.5) is 4.79 Å². The molecule has 1 saturated heterocycles. The summed E-state index contributed by atoms with van der Waals surface area (Å²) in [5.74, 6) is 0.811. The molecule has 1 aliphatic rings. The largest absolute Gasteiger partial charge is 0.508 e. The molecule has 240 valence electrons. The number of carbonyl (C=O) groups excluding carboxylic acids is 1. The quantitative estimate of drug-likeness (QED) is 0.171. The van der Waals surface area contributed by atoms with Crippen molar-refractivity contribution >= 4 is 27.0 Å². The monoisotopic (exact) mass is 632 g/mol. The number of carbonyl (C=O) groups is 1. The van der Waals surface area contributed by atoms with Crippen molar-refractivity contribution in [2.45, 2.75) is 46.5 Å². The molecule has 0 saturated carbocycles. The van der Waals surface area contributed by atoms with Gasteiger partial charge in [0.05, 0.1) is 5.75 Å². The maximum Gasteiger partial charge on any atom is 0.415 e. The molecule has 10 heteroatoms. The van der Waals surface area contributed by atoms with Crippen LogP contribution in [0.15, 0.2) is 60.7 Å². The van der Waals surface area contributed by atoms with E-state index in [-0.39, 0.29) is 18.8 Å². The molecule has 2 heterocycles. The molecular formula is C35H44N4O5S. The third-order valence-corrected chi connectivity index (χ3v) is 10.3. The first kappa shape index (κ1) is 32.5. The van der Waals surface area contributed by atoms with Crippen LogP contribution in [0.2, 0.25) is 0 Å². The lowest BCUT2D eigenvalue weighted by Gasteiger charge is -2.33. The van der Waals surface area contributed by atoms with Crippen LogP contribution in [0.1, 0.15) is 42.0 Å². The van der Waals surface area contributed by atoms with E-state index in [4.69, 9.17) is 4.74 Å². The molecule has 0 bridgehead atoms. The number of fused-ring (bicyclic) bond motifs is 1. The van der Waals surface area contributed by atoms with Crippen molar-refractivity contribution in [3.05, 3.63) is 82.9 Å². The standard InChI is InChI=1S/C35H44N4O5S/c1-4-45(42,43)39-19-17-38(18-20-39)35(41)44-30-12-13-33-32(24-30)31(34(37-33)28-22-25(2)21-26(3)23-28)14-16-36-15-6-5-7-27-8-10-29(40)11-9-27/h8-13,21-24,36-37,40H,4-7,14-20H2,1-3H3. The van der Waals surface area contributed by atoms with E-state index in [1.165, 1.54) is 26.6 Å². The zero-order valence-corrected chi connectivity index (χ0v) is 27.3. The van der Waals surface area contributed by atoms with Crippen LogP contribution in [0, 0.1) is 13.8 Å². The number of nitrogens with one attached hydrogen (secondary N) is 2. The Morgan fingerprint density at radius 2 is 1.62 bits per heavy atom. The smallest absolute Gasteiger partial charge is 0.415 e. The van der Waals surface area contributed by atoms with Gasteiger partial charge in [-0.15, -0.1) is 0 Å². The van der Waals surface area contributed by atoms with Crippen LogP contribution in [-0.4, -0.2) is 78.8 Å². The van der Waals surface area contributed by atoms with Gasteiger partial charge in [-0.1, -0.05) is 29.3 Å². The summed E-state index contributed by atoms with van der Waals surface area (Å²) >= 11 is 0. The second-order valence-electron chi connectivity index (χ2n) is 11.8. The predicted molar refractivity (Wildman–Crippen MR) is 179 cm³/mol. The van der Waals surface area contributed by atoms with E-state index in [0.717, 1.165) is 60.9 Å². The number of piperazine rings is 1. The summed E-state index contributed by atoms with van der Waals surface area (Å²) in [6.45, 7) is 8.70. The highest BCUT2D eigenvalue weighted by Gasteiger charge is 2.28. The first-order valence-corrected chi connectivity index (χ1v) is 17.4. The molecule has 3 aromatic carbocycles. The Bertz CT molecular complexity index is 1700. The van der Waals surface area contributed by atoms with Gasteiger partial charge in [-0.25, -0.2) is 13.2 Å². The molecule has 5 rings (SSSR count). The third-order valence-electron chi connectivity index (χ3n) is 8.41. The second-order valence-corrected chi connectivity index (χ2v) is 14.1. The zero-order valence-electron chi connectivity index (χ0n) is 26.4. The number of rotatable bonds is 12. The van der Waals surface area contributed by atoms with Crippen molar-refractivity contribution in [1.82, 2.24) is 19.5 Å². The Morgan fingerprint density at radius 3 is 2.31 bits per heavy atom. The van der Waals surface area contributed by atoms with Crippen LogP contribution in [-0.2, 0) is 22.9 Å². The highest BCUT2D eigenvalue weighted by Crippen LogP contribution is 2.34. The minimum atomic E-state index is -3.27. The van der Waals surface area contributed by atoms with E-state index in [1.807, 2.05) is 24.3 Å². The maximum absolute atomic E-state index is 13.0. The van der Waals surface area contributed by atoms with Gasteiger partial charge in [-0.3, -0.25) is 0 Å². The lowest BCUT2D eigenvalue weighted by molar-refractivity contribution is 0.133. The van der Waals surface area contributed by atoms with Gasteiger partial charge >= 0.3 is 6.09 Å². The fourth-order valence-electron chi connectivity index (χ4n) is 5.99. The van der Waals surface area contributed by atoms with Crippen molar-refractivity contribution in [1.29, 1.82) is 0 Å². The maximum atomic E-state index is 13.0. The minimum Gasteiger partial charge on any atom is -0.508 e. The zero-order chi connectivity index (χ0) is 32.0. The van der Waals surface area contributed by atoms with Gasteiger partial charge in [0.15, 0.2) is 0 Å². The Kier molecular flexibility index (Phi) is 10.5. The van der Waals surface area contributed by atoms with Crippen LogP contribution < -0.4 is 10.1 Å². The van der Waals surface area contributed by atoms with Crippen LogP contribution in [0.5, 0.6) is 11.5 Å². The van der Waals surface area contributed by atoms with Gasteiger partial charge in [0, 0.05) is 42.8 Å². The number of hydrogen-bond donors (Lipinski definition) is 3. The fourth-order valence-corrected chi connectivity index (χ4v) is 7.08. The number of sulfonamides is 1. The molecule has 0 spiro atoms. The van der Waals surface area contributed by atoms with Crippen molar-refractivity contribution in [2.75, 3.05) is 45.0 Å². The molecular weight excluding hydrogens is 588 g/mol. The summed E-state index contributed by atoms with van der Waals surface area (Å²) < 4.78 is 31.6. The van der Waals surface area contributed by atoms with Gasteiger partial charge in [0.2, 0.25) is 10.0 Å². The molecule has 9 nitrogen and oxygen atoms in total. The van der Waals surface area contributed by atoms with Gasteiger partial charge in [-0.05, 0) is 119 Å². The number of H-pyrrole nitrogens is 1. The van der Waals surface area contributed by atoms with E-state index in [1.54, 1.807) is 30.0 Å². The van der Waals surface area contributed by atoms with E-state index in [9.17, 15) is 18.3 Å². The molecule has 0 aliphatic carbocycles. The summed E-state index contributed by atoms with van der Waals surface area (Å²) in [6, 6.07) is 19.6. The first-order valence-electron chi connectivity index (χ1n) is 15.8. The number of aromatic nitrogens is 1. The number of aromatic hydroxyl groups is 1. The summed E-state index contributed by atoms with van der Waals surface area (Å²) in [4.78, 5) is 18.2. The van der Waals surface area contributed by atoms with Crippen LogP contribution >= 0.6 is 0 Å². The molecule has 0 unspecified atom stereocenters. The topological polar surface area (TPSA) is 115 Å². The number of aromatic amines is 1. The van der Waals surface area contributed by atoms with Gasteiger partial charge < -0.3 is 25.0 Å². The fraction of sp³-hybridized carbons (Fsp3) is 0.400. The average Bonchev–Trinajstić information content (AvgIpc) is 3.39. The normalized spacial score (nSPS) is 14.2. The number of ether oxygens (including phenoxy) is 1. The molecule has 0 radical (unpaired) electrons. The molecule has 45 heavy (non-hydrogen) atoms. The van der Waals surface area contributed by atoms with Crippen molar-refractivity contribution in [3.63, 3.8) is 0 Å². The average molecular weight is 633 g/mol. The van der Waals surface area contributed by atoms with E-state index in [2.05, 4.69) is 42.3 Å². The Labute approximate surface area is 266 Å². The molecule has 1 aromatic heterocycles. The number of phenolic OH excluding ortho intramolecular Hbond substituents is 1. The van der Waals surface area contributed by atoms with Gasteiger partial charge in [-0.2, -0.15) is 4.31 Å². The first-order chi connectivity index (χ1) is 21.6. The van der Waals surface area contributed by atoms with Crippen LogP contribution in [0.3, 0.4) is 0 Å². The third kappa shape index (κ3) is 8.25. The minimum absolute atomic E-state index is 0.0527. The van der Waals surface area contributed by atoms with Crippen LogP contribution in [0.25, 0.3) is 22.2 Å².